The molecule has 0 aliphatic carbocycles. The summed E-state index contributed by atoms with van der Waals surface area (Å²) in [6, 6.07) is 13.7. The van der Waals surface area contributed by atoms with Gasteiger partial charge in [-0.2, -0.15) is 0 Å². The lowest BCUT2D eigenvalue weighted by atomic mass is 10.2. The van der Waals surface area contributed by atoms with Gasteiger partial charge in [-0.3, -0.25) is 14.4 Å². The van der Waals surface area contributed by atoms with E-state index >= 15 is 0 Å². The van der Waals surface area contributed by atoms with Crippen LogP contribution in [0.2, 0.25) is 5.02 Å². The Labute approximate surface area is 216 Å². The van der Waals surface area contributed by atoms with Crippen molar-refractivity contribution < 1.29 is 27.2 Å². The zero-order chi connectivity index (χ0) is 25.9. The van der Waals surface area contributed by atoms with Crippen molar-refractivity contribution in [2.45, 2.75) is 10.3 Å². The second-order valence-electron chi connectivity index (χ2n) is 7.96. The highest BCUT2D eigenvalue weighted by Crippen LogP contribution is 2.20. The fourth-order valence-electron chi connectivity index (χ4n) is 3.73. The predicted octanol–water partition coefficient (Wildman–Crippen LogP) is 3.06. The third-order valence-corrected chi connectivity index (χ3v) is 8.61. The molecule has 0 saturated carbocycles. The standard InChI is InChI=1S/C24H21ClFN3O5S2/c25-17-4-1-3-16(15-17)23(31)28-10-12-29(13-11-28)24(32)22(27-21(30)20-5-2-14-35-20)36(33,34)19-8-6-18(26)7-9-19/h1-9,14-15,22H,10-13H2,(H,27,30)/t22-/m1/s1. The summed E-state index contributed by atoms with van der Waals surface area (Å²) in [6.07, 6.45) is 0. The second kappa shape index (κ2) is 10.8. The van der Waals surface area contributed by atoms with Gasteiger partial charge in [0.25, 0.3) is 17.7 Å². The van der Waals surface area contributed by atoms with Crippen LogP contribution in [0.4, 0.5) is 4.39 Å². The van der Waals surface area contributed by atoms with E-state index in [0.717, 1.165) is 35.6 Å². The molecule has 12 heteroatoms. The van der Waals surface area contributed by atoms with Crippen molar-refractivity contribution in [3.8, 4) is 0 Å². The number of sulfone groups is 1. The number of hydrogen-bond donors (Lipinski definition) is 1. The Bertz CT molecular complexity index is 1370. The summed E-state index contributed by atoms with van der Waals surface area (Å²) in [5.41, 5.74) is 0.405. The van der Waals surface area contributed by atoms with E-state index in [1.807, 2.05) is 0 Å². The molecule has 1 atom stereocenters. The van der Waals surface area contributed by atoms with Crippen LogP contribution in [0.1, 0.15) is 20.0 Å². The van der Waals surface area contributed by atoms with Gasteiger partial charge in [-0.25, -0.2) is 12.8 Å². The Balaban J connectivity index is 1.53. The van der Waals surface area contributed by atoms with E-state index in [1.54, 1.807) is 40.6 Å². The largest absolute Gasteiger partial charge is 0.336 e. The molecule has 0 bridgehead atoms. The molecule has 0 unspecified atom stereocenters. The normalized spacial score (nSPS) is 14.8. The van der Waals surface area contributed by atoms with E-state index in [2.05, 4.69) is 5.32 Å². The minimum absolute atomic E-state index is 0.0649. The Hall–Kier alpha value is -3.28. The maximum Gasteiger partial charge on any atom is 0.262 e. The third kappa shape index (κ3) is 5.58. The number of rotatable bonds is 6. The molecule has 8 nitrogen and oxygen atoms in total. The number of carbonyl (C=O) groups excluding carboxylic acids is 3. The lowest BCUT2D eigenvalue weighted by Crippen LogP contribution is -2.57. The van der Waals surface area contributed by atoms with Crippen molar-refractivity contribution in [2.75, 3.05) is 26.2 Å². The number of halogens is 2. The summed E-state index contributed by atoms with van der Waals surface area (Å²) in [6.45, 7) is 0.462. The monoisotopic (exact) mass is 549 g/mol. The van der Waals surface area contributed by atoms with Crippen molar-refractivity contribution >= 4 is 50.5 Å². The van der Waals surface area contributed by atoms with Gasteiger partial charge in [0.2, 0.25) is 15.2 Å². The van der Waals surface area contributed by atoms with Crippen molar-refractivity contribution in [3.05, 3.63) is 87.3 Å². The summed E-state index contributed by atoms with van der Waals surface area (Å²) in [7, 11) is -4.41. The Morgan fingerprint density at radius 3 is 2.22 bits per heavy atom. The Kier molecular flexibility index (Phi) is 7.72. The molecule has 1 aromatic heterocycles. The first-order valence-corrected chi connectivity index (χ1v) is 13.6. The summed E-state index contributed by atoms with van der Waals surface area (Å²) < 4.78 is 40.1. The number of benzene rings is 2. The van der Waals surface area contributed by atoms with E-state index in [9.17, 15) is 27.2 Å². The molecule has 1 aliphatic rings. The van der Waals surface area contributed by atoms with Gasteiger partial charge in [0.1, 0.15) is 5.82 Å². The number of amides is 3. The van der Waals surface area contributed by atoms with Crippen LogP contribution in [0.5, 0.6) is 0 Å². The predicted molar refractivity (Wildman–Crippen MR) is 133 cm³/mol. The second-order valence-corrected chi connectivity index (χ2v) is 11.4. The molecule has 36 heavy (non-hydrogen) atoms. The van der Waals surface area contributed by atoms with Gasteiger partial charge in [0.05, 0.1) is 9.77 Å². The first kappa shape index (κ1) is 25.8. The van der Waals surface area contributed by atoms with E-state index < -0.39 is 32.8 Å². The number of nitrogens with zero attached hydrogens (tertiary/aromatic N) is 2. The summed E-state index contributed by atoms with van der Waals surface area (Å²) >= 11 is 7.07. The highest BCUT2D eigenvalue weighted by Gasteiger charge is 2.39. The number of nitrogens with one attached hydrogen (secondary N) is 1. The zero-order valence-electron chi connectivity index (χ0n) is 18.8. The quantitative estimate of drug-likeness (QED) is 0.476. The van der Waals surface area contributed by atoms with Crippen LogP contribution in [0.3, 0.4) is 0 Å². The molecule has 0 spiro atoms. The molecule has 4 rings (SSSR count). The molecular formula is C24H21ClFN3O5S2. The van der Waals surface area contributed by atoms with Gasteiger partial charge < -0.3 is 15.1 Å². The molecule has 1 N–H and O–H groups in total. The maximum atomic E-state index is 13.4. The Morgan fingerprint density at radius 2 is 1.61 bits per heavy atom. The summed E-state index contributed by atoms with van der Waals surface area (Å²) in [5.74, 6) is -2.45. The molecule has 3 amide bonds. The lowest BCUT2D eigenvalue weighted by Gasteiger charge is -2.36. The fourth-order valence-corrected chi connectivity index (χ4v) is 6.01. The molecule has 2 aromatic carbocycles. The van der Waals surface area contributed by atoms with Crippen LogP contribution in [0.25, 0.3) is 0 Å². The molecule has 2 heterocycles. The third-order valence-electron chi connectivity index (χ3n) is 5.63. The molecular weight excluding hydrogens is 529 g/mol. The number of piperazine rings is 1. The van der Waals surface area contributed by atoms with Crippen molar-refractivity contribution in [1.82, 2.24) is 15.1 Å². The number of hydrogen-bond acceptors (Lipinski definition) is 6. The topological polar surface area (TPSA) is 104 Å². The van der Waals surface area contributed by atoms with Gasteiger partial charge in [0.15, 0.2) is 0 Å². The van der Waals surface area contributed by atoms with Crippen molar-refractivity contribution in [2.24, 2.45) is 0 Å². The summed E-state index contributed by atoms with van der Waals surface area (Å²) in [4.78, 5) is 41.7. The highest BCUT2D eigenvalue weighted by molar-refractivity contribution is 7.92. The fraction of sp³-hybridized carbons (Fsp3) is 0.208. The number of thiophene rings is 1. The lowest BCUT2D eigenvalue weighted by molar-refractivity contribution is -0.132. The van der Waals surface area contributed by atoms with Crippen LogP contribution < -0.4 is 5.32 Å². The van der Waals surface area contributed by atoms with Crippen LogP contribution in [0, 0.1) is 5.82 Å². The minimum atomic E-state index is -4.41. The maximum absolute atomic E-state index is 13.4. The van der Waals surface area contributed by atoms with Crippen LogP contribution in [-0.2, 0) is 14.6 Å². The molecule has 1 saturated heterocycles. The van der Waals surface area contributed by atoms with Gasteiger partial charge >= 0.3 is 0 Å². The summed E-state index contributed by atoms with van der Waals surface area (Å²) in [5, 5.41) is 2.49. The average Bonchev–Trinajstić information content (AvgIpc) is 3.42. The van der Waals surface area contributed by atoms with Gasteiger partial charge in [-0.05, 0) is 53.9 Å². The smallest absolute Gasteiger partial charge is 0.262 e. The molecule has 1 aliphatic heterocycles. The van der Waals surface area contributed by atoms with E-state index in [1.165, 1.54) is 11.0 Å². The first-order valence-electron chi connectivity index (χ1n) is 10.8. The van der Waals surface area contributed by atoms with Crippen molar-refractivity contribution in [3.63, 3.8) is 0 Å². The van der Waals surface area contributed by atoms with Crippen LogP contribution in [-0.4, -0.2) is 67.5 Å². The Morgan fingerprint density at radius 1 is 0.944 bits per heavy atom. The van der Waals surface area contributed by atoms with Gasteiger partial charge in [-0.15, -0.1) is 11.3 Å². The highest BCUT2D eigenvalue weighted by atomic mass is 35.5. The molecule has 0 radical (unpaired) electrons. The molecule has 1 fully saturated rings. The average molecular weight is 550 g/mol. The SMILES string of the molecule is O=C(N[C@@H](C(=O)N1CCN(C(=O)c2cccc(Cl)c2)CC1)S(=O)(=O)c1ccc(F)cc1)c1cccs1. The van der Waals surface area contributed by atoms with Crippen molar-refractivity contribution in [1.29, 1.82) is 0 Å². The van der Waals surface area contributed by atoms with E-state index in [-0.39, 0.29) is 41.9 Å². The molecule has 188 valence electrons. The van der Waals surface area contributed by atoms with E-state index in [4.69, 9.17) is 11.6 Å². The van der Waals surface area contributed by atoms with Crippen LogP contribution in [0.15, 0.2) is 70.9 Å². The zero-order valence-corrected chi connectivity index (χ0v) is 21.2. The van der Waals surface area contributed by atoms with E-state index in [0.29, 0.717) is 10.6 Å². The van der Waals surface area contributed by atoms with Crippen LogP contribution >= 0.6 is 22.9 Å². The van der Waals surface area contributed by atoms with Gasteiger partial charge in [-0.1, -0.05) is 23.7 Å². The minimum Gasteiger partial charge on any atom is -0.336 e. The molecule has 3 aromatic rings. The van der Waals surface area contributed by atoms with Gasteiger partial charge in [0, 0.05) is 36.8 Å². The first-order chi connectivity index (χ1) is 17.2. The number of carbonyl (C=O) groups is 3.